The van der Waals surface area contributed by atoms with Crippen molar-refractivity contribution in [2.75, 3.05) is 0 Å². The van der Waals surface area contributed by atoms with Crippen LogP contribution >= 0.6 is 23.1 Å². The number of fused-ring (bicyclic) bond motifs is 1. The highest BCUT2D eigenvalue weighted by Crippen LogP contribution is 2.26. The number of carboxylic acids is 1. The molecule has 0 unspecified atom stereocenters. The van der Waals surface area contributed by atoms with Crippen molar-refractivity contribution in [1.82, 2.24) is 9.97 Å². The number of thiazole rings is 1. The van der Waals surface area contributed by atoms with Gasteiger partial charge in [0.15, 0.2) is 5.58 Å². The van der Waals surface area contributed by atoms with E-state index >= 15 is 0 Å². The maximum atomic E-state index is 10.7. The smallest absolute Gasteiger partial charge is 0.365 e. The molecule has 2 aromatic heterocycles. The molecule has 0 radical (unpaired) electrons. The van der Waals surface area contributed by atoms with E-state index in [2.05, 4.69) is 9.97 Å². The van der Waals surface area contributed by atoms with Gasteiger partial charge in [-0.15, -0.1) is 11.3 Å². The van der Waals surface area contributed by atoms with Crippen LogP contribution in [0.15, 0.2) is 39.3 Å². The van der Waals surface area contributed by atoms with Crippen LogP contribution in [0.5, 0.6) is 0 Å². The van der Waals surface area contributed by atoms with Gasteiger partial charge >= 0.3 is 5.97 Å². The first-order chi connectivity index (χ1) is 9.22. The van der Waals surface area contributed by atoms with Crippen molar-refractivity contribution in [3.63, 3.8) is 0 Å². The normalized spacial score (nSPS) is 10.9. The standard InChI is InChI=1S/C12H8N2O3S2/c15-11(16)10-13-7(5-18-10)6-19-12-14-8-3-1-2-4-9(8)17-12/h1-5H,6H2,(H,15,16). The molecule has 7 heteroatoms. The van der Waals surface area contributed by atoms with Crippen molar-refractivity contribution < 1.29 is 14.3 Å². The molecular formula is C12H8N2O3S2. The highest BCUT2D eigenvalue weighted by atomic mass is 32.2. The summed E-state index contributed by atoms with van der Waals surface area (Å²) in [6.45, 7) is 0. The van der Waals surface area contributed by atoms with Crippen LogP contribution < -0.4 is 0 Å². The van der Waals surface area contributed by atoms with E-state index in [0.29, 0.717) is 11.0 Å². The molecule has 0 saturated carbocycles. The molecule has 0 atom stereocenters. The molecule has 0 aliphatic rings. The van der Waals surface area contributed by atoms with Crippen molar-refractivity contribution in [2.24, 2.45) is 0 Å². The maximum Gasteiger partial charge on any atom is 0.365 e. The molecule has 0 fully saturated rings. The molecule has 0 aliphatic carbocycles. The van der Waals surface area contributed by atoms with Crippen molar-refractivity contribution in [2.45, 2.75) is 11.0 Å². The van der Waals surface area contributed by atoms with Gasteiger partial charge in [-0.05, 0) is 12.1 Å². The fourth-order valence-electron chi connectivity index (χ4n) is 1.52. The molecule has 0 spiro atoms. The van der Waals surface area contributed by atoms with E-state index in [0.717, 1.165) is 28.1 Å². The Labute approximate surface area is 116 Å². The molecule has 3 aromatic rings. The average Bonchev–Trinajstić information content (AvgIpc) is 3.02. The van der Waals surface area contributed by atoms with E-state index in [1.54, 1.807) is 5.38 Å². The average molecular weight is 292 g/mol. The number of rotatable bonds is 4. The number of hydrogen-bond donors (Lipinski definition) is 1. The predicted octanol–water partition coefficient (Wildman–Crippen LogP) is 3.27. The number of nitrogens with zero attached hydrogens (tertiary/aromatic N) is 2. The molecule has 0 amide bonds. The third-order valence-corrected chi connectivity index (χ3v) is 4.09. The Balaban J connectivity index is 1.72. The molecule has 1 N–H and O–H groups in total. The number of carbonyl (C=O) groups is 1. The number of hydrogen-bond acceptors (Lipinski definition) is 6. The number of aromatic nitrogens is 2. The zero-order chi connectivity index (χ0) is 13.2. The van der Waals surface area contributed by atoms with Crippen LogP contribution in [0.4, 0.5) is 0 Å². The summed E-state index contributed by atoms with van der Waals surface area (Å²) in [5, 5.41) is 11.2. The van der Waals surface area contributed by atoms with Gasteiger partial charge in [0.25, 0.3) is 5.22 Å². The minimum absolute atomic E-state index is 0.105. The van der Waals surface area contributed by atoms with Crippen LogP contribution in [0.3, 0.4) is 0 Å². The second-order valence-electron chi connectivity index (χ2n) is 3.69. The van der Waals surface area contributed by atoms with Crippen molar-refractivity contribution in [3.8, 4) is 0 Å². The van der Waals surface area contributed by atoms with Crippen molar-refractivity contribution >= 4 is 40.2 Å². The molecule has 96 valence electrons. The summed E-state index contributed by atoms with van der Waals surface area (Å²) in [5.41, 5.74) is 2.28. The molecule has 0 saturated heterocycles. The first kappa shape index (κ1) is 12.2. The summed E-state index contributed by atoms with van der Waals surface area (Å²) in [7, 11) is 0. The van der Waals surface area contributed by atoms with Crippen LogP contribution in [0.2, 0.25) is 0 Å². The van der Waals surface area contributed by atoms with E-state index in [1.165, 1.54) is 11.8 Å². The summed E-state index contributed by atoms with van der Waals surface area (Å²) in [5.74, 6) is -0.459. The van der Waals surface area contributed by atoms with Crippen LogP contribution in [-0.2, 0) is 5.75 Å². The quantitative estimate of drug-likeness (QED) is 0.744. The number of para-hydroxylation sites is 2. The summed E-state index contributed by atoms with van der Waals surface area (Å²) in [6.07, 6.45) is 0. The number of carboxylic acid groups (broad SMARTS) is 1. The Hall–Kier alpha value is -1.86. The van der Waals surface area contributed by atoms with E-state index in [1.807, 2.05) is 24.3 Å². The summed E-state index contributed by atoms with van der Waals surface area (Å²) in [4.78, 5) is 19.0. The number of thioether (sulfide) groups is 1. The Bertz CT molecular complexity index is 702. The van der Waals surface area contributed by atoms with Gasteiger partial charge in [0, 0.05) is 11.1 Å². The lowest BCUT2D eigenvalue weighted by molar-refractivity contribution is 0.0696. The number of benzene rings is 1. The Morgan fingerprint density at radius 3 is 2.95 bits per heavy atom. The minimum atomic E-state index is -0.997. The summed E-state index contributed by atoms with van der Waals surface area (Å²) in [6, 6.07) is 7.53. The zero-order valence-electron chi connectivity index (χ0n) is 9.57. The van der Waals surface area contributed by atoms with Crippen LogP contribution in [0.1, 0.15) is 15.5 Å². The molecule has 2 heterocycles. The van der Waals surface area contributed by atoms with Gasteiger partial charge in [-0.3, -0.25) is 0 Å². The lowest BCUT2D eigenvalue weighted by Crippen LogP contribution is -1.94. The van der Waals surface area contributed by atoms with E-state index in [9.17, 15) is 4.79 Å². The van der Waals surface area contributed by atoms with Gasteiger partial charge in [-0.25, -0.2) is 14.8 Å². The van der Waals surface area contributed by atoms with Gasteiger partial charge < -0.3 is 9.52 Å². The van der Waals surface area contributed by atoms with Gasteiger partial charge in [0.1, 0.15) is 5.52 Å². The van der Waals surface area contributed by atoms with Crippen molar-refractivity contribution in [3.05, 3.63) is 40.3 Å². The maximum absolute atomic E-state index is 10.7. The minimum Gasteiger partial charge on any atom is -0.476 e. The highest BCUT2D eigenvalue weighted by molar-refractivity contribution is 7.98. The van der Waals surface area contributed by atoms with Gasteiger partial charge in [0.05, 0.1) is 5.69 Å². The van der Waals surface area contributed by atoms with Gasteiger partial charge in [-0.2, -0.15) is 0 Å². The zero-order valence-corrected chi connectivity index (χ0v) is 11.2. The molecular weight excluding hydrogens is 284 g/mol. The third-order valence-electron chi connectivity index (χ3n) is 2.35. The number of oxazole rings is 1. The molecule has 0 aliphatic heterocycles. The second-order valence-corrected chi connectivity index (χ2v) is 5.47. The Morgan fingerprint density at radius 1 is 1.37 bits per heavy atom. The molecule has 19 heavy (non-hydrogen) atoms. The second kappa shape index (κ2) is 5.02. The van der Waals surface area contributed by atoms with Crippen molar-refractivity contribution in [1.29, 1.82) is 0 Å². The first-order valence-electron chi connectivity index (χ1n) is 5.38. The Kier molecular flexibility index (Phi) is 3.22. The van der Waals surface area contributed by atoms with E-state index in [4.69, 9.17) is 9.52 Å². The monoisotopic (exact) mass is 292 g/mol. The Morgan fingerprint density at radius 2 is 2.21 bits per heavy atom. The lowest BCUT2D eigenvalue weighted by Gasteiger charge is -1.91. The predicted molar refractivity (Wildman–Crippen MR) is 72.6 cm³/mol. The fourth-order valence-corrected chi connectivity index (χ4v) is 3.01. The fraction of sp³-hybridized carbons (Fsp3) is 0.0833. The van der Waals surface area contributed by atoms with Crippen LogP contribution in [0, 0.1) is 0 Å². The first-order valence-corrected chi connectivity index (χ1v) is 7.25. The molecule has 0 bridgehead atoms. The molecule has 5 nitrogen and oxygen atoms in total. The van der Waals surface area contributed by atoms with Gasteiger partial charge in [0.2, 0.25) is 5.01 Å². The third kappa shape index (κ3) is 2.61. The number of aromatic carboxylic acids is 1. The highest BCUT2D eigenvalue weighted by Gasteiger charge is 2.11. The van der Waals surface area contributed by atoms with E-state index < -0.39 is 5.97 Å². The summed E-state index contributed by atoms with van der Waals surface area (Å²) >= 11 is 2.52. The van der Waals surface area contributed by atoms with Crippen LogP contribution in [0.25, 0.3) is 11.1 Å². The molecule has 1 aromatic carbocycles. The topological polar surface area (TPSA) is 76.2 Å². The largest absolute Gasteiger partial charge is 0.476 e. The molecule has 3 rings (SSSR count). The summed E-state index contributed by atoms with van der Waals surface area (Å²) < 4.78 is 5.56. The van der Waals surface area contributed by atoms with E-state index in [-0.39, 0.29) is 5.01 Å². The lowest BCUT2D eigenvalue weighted by atomic mass is 10.3. The SMILES string of the molecule is O=C(O)c1nc(CSc2nc3ccccc3o2)cs1. The van der Waals surface area contributed by atoms with Gasteiger partial charge in [-0.1, -0.05) is 23.9 Å². The van der Waals surface area contributed by atoms with Crippen LogP contribution in [-0.4, -0.2) is 21.0 Å².